The Morgan fingerprint density at radius 2 is 1.83 bits per heavy atom. The van der Waals surface area contributed by atoms with Crippen LogP contribution in [0.1, 0.15) is 5.56 Å². The normalized spacial score (nSPS) is 10.8. The lowest BCUT2D eigenvalue weighted by Crippen LogP contribution is -1.86. The minimum absolute atomic E-state index is 0.890. The zero-order valence-electron chi connectivity index (χ0n) is 10.5. The summed E-state index contributed by atoms with van der Waals surface area (Å²) in [6.45, 7) is 2.10. The van der Waals surface area contributed by atoms with E-state index >= 15 is 0 Å². The Morgan fingerprint density at radius 1 is 1.00 bits per heavy atom. The van der Waals surface area contributed by atoms with E-state index in [2.05, 4.69) is 42.2 Å². The van der Waals surface area contributed by atoms with E-state index in [0.29, 0.717) is 0 Å². The molecule has 0 unspecified atom stereocenters. The molecular formula is C16H15NO. The second kappa shape index (κ2) is 4.22. The first-order chi connectivity index (χ1) is 8.78. The Morgan fingerprint density at radius 3 is 2.67 bits per heavy atom. The van der Waals surface area contributed by atoms with Crippen molar-refractivity contribution in [3.05, 3.63) is 54.1 Å². The Bertz CT molecular complexity index is 697. The van der Waals surface area contributed by atoms with Crippen molar-refractivity contribution in [1.82, 2.24) is 4.98 Å². The van der Waals surface area contributed by atoms with E-state index in [1.54, 1.807) is 7.11 Å². The molecule has 2 nitrogen and oxygen atoms in total. The smallest absolute Gasteiger partial charge is 0.128 e. The van der Waals surface area contributed by atoms with Crippen LogP contribution >= 0.6 is 0 Å². The standard InChI is InChI=1S/C16H15NO/c1-11-7-8-12-10-15(17-14(12)9-11)13-5-3-4-6-16(13)18-2/h3-10,17H,1-2H3. The fraction of sp³-hybridized carbons (Fsp3) is 0.125. The van der Waals surface area contributed by atoms with Crippen LogP contribution in [-0.2, 0) is 0 Å². The van der Waals surface area contributed by atoms with Crippen molar-refractivity contribution in [1.29, 1.82) is 0 Å². The molecule has 2 aromatic carbocycles. The van der Waals surface area contributed by atoms with Gasteiger partial charge in [-0.25, -0.2) is 0 Å². The van der Waals surface area contributed by atoms with E-state index in [4.69, 9.17) is 4.74 Å². The van der Waals surface area contributed by atoms with Gasteiger partial charge in [-0.15, -0.1) is 0 Å². The number of aromatic amines is 1. The van der Waals surface area contributed by atoms with Gasteiger partial charge < -0.3 is 9.72 Å². The van der Waals surface area contributed by atoms with Gasteiger partial charge in [0.25, 0.3) is 0 Å². The molecule has 0 amide bonds. The third kappa shape index (κ3) is 1.76. The van der Waals surface area contributed by atoms with E-state index in [-0.39, 0.29) is 0 Å². The topological polar surface area (TPSA) is 25.0 Å². The van der Waals surface area contributed by atoms with Crippen LogP contribution in [0.25, 0.3) is 22.2 Å². The highest BCUT2D eigenvalue weighted by molar-refractivity contribution is 5.87. The lowest BCUT2D eigenvalue weighted by Gasteiger charge is -2.05. The van der Waals surface area contributed by atoms with Crippen LogP contribution < -0.4 is 4.74 Å². The van der Waals surface area contributed by atoms with E-state index in [1.165, 1.54) is 10.9 Å². The molecule has 0 saturated heterocycles. The first kappa shape index (κ1) is 10.9. The van der Waals surface area contributed by atoms with Crippen LogP contribution in [0.2, 0.25) is 0 Å². The van der Waals surface area contributed by atoms with Gasteiger partial charge in [-0.2, -0.15) is 0 Å². The van der Waals surface area contributed by atoms with Gasteiger partial charge in [-0.05, 0) is 36.8 Å². The maximum atomic E-state index is 5.40. The van der Waals surface area contributed by atoms with Gasteiger partial charge in [0.2, 0.25) is 0 Å². The fourth-order valence-corrected chi connectivity index (χ4v) is 2.25. The van der Waals surface area contributed by atoms with Crippen molar-refractivity contribution in [3.63, 3.8) is 0 Å². The molecule has 3 rings (SSSR count). The third-order valence-corrected chi connectivity index (χ3v) is 3.18. The van der Waals surface area contributed by atoms with Gasteiger partial charge in [0, 0.05) is 16.5 Å². The zero-order valence-corrected chi connectivity index (χ0v) is 10.5. The van der Waals surface area contributed by atoms with Gasteiger partial charge in [-0.1, -0.05) is 24.3 Å². The molecule has 90 valence electrons. The van der Waals surface area contributed by atoms with Crippen molar-refractivity contribution < 1.29 is 4.74 Å². The summed E-state index contributed by atoms with van der Waals surface area (Å²) < 4.78 is 5.40. The number of ether oxygens (including phenoxy) is 1. The number of H-pyrrole nitrogens is 1. The molecule has 2 heteroatoms. The molecule has 18 heavy (non-hydrogen) atoms. The number of fused-ring (bicyclic) bond motifs is 1. The summed E-state index contributed by atoms with van der Waals surface area (Å²) in [5.41, 5.74) is 4.61. The minimum atomic E-state index is 0.890. The Kier molecular flexibility index (Phi) is 2.56. The number of para-hydroxylation sites is 1. The number of methoxy groups -OCH3 is 1. The Balaban J connectivity index is 2.19. The van der Waals surface area contributed by atoms with Crippen molar-refractivity contribution in [2.24, 2.45) is 0 Å². The van der Waals surface area contributed by atoms with Crippen LogP contribution in [0.3, 0.4) is 0 Å². The highest BCUT2D eigenvalue weighted by Crippen LogP contribution is 2.31. The first-order valence-corrected chi connectivity index (χ1v) is 6.01. The predicted molar refractivity (Wildman–Crippen MR) is 75.0 cm³/mol. The van der Waals surface area contributed by atoms with E-state index in [0.717, 1.165) is 22.5 Å². The SMILES string of the molecule is COc1ccccc1-c1cc2ccc(C)cc2[nH]1. The van der Waals surface area contributed by atoms with E-state index in [1.807, 2.05) is 18.2 Å². The predicted octanol–water partition coefficient (Wildman–Crippen LogP) is 4.15. The highest BCUT2D eigenvalue weighted by Gasteiger charge is 2.07. The monoisotopic (exact) mass is 237 g/mol. The maximum absolute atomic E-state index is 5.40. The molecule has 0 saturated carbocycles. The molecule has 0 atom stereocenters. The maximum Gasteiger partial charge on any atom is 0.128 e. The van der Waals surface area contributed by atoms with Gasteiger partial charge in [-0.3, -0.25) is 0 Å². The first-order valence-electron chi connectivity index (χ1n) is 6.01. The van der Waals surface area contributed by atoms with Crippen molar-refractivity contribution in [3.8, 4) is 17.0 Å². The molecule has 0 bridgehead atoms. The van der Waals surface area contributed by atoms with Crippen molar-refractivity contribution in [2.45, 2.75) is 6.92 Å². The largest absolute Gasteiger partial charge is 0.496 e. The van der Waals surface area contributed by atoms with Crippen LogP contribution in [0.5, 0.6) is 5.75 Å². The molecule has 3 aromatic rings. The van der Waals surface area contributed by atoms with E-state index < -0.39 is 0 Å². The molecule has 1 aromatic heterocycles. The van der Waals surface area contributed by atoms with Gasteiger partial charge in [0.1, 0.15) is 5.75 Å². The average molecular weight is 237 g/mol. The van der Waals surface area contributed by atoms with Crippen molar-refractivity contribution in [2.75, 3.05) is 7.11 Å². The Hall–Kier alpha value is -2.22. The second-order valence-electron chi connectivity index (χ2n) is 4.47. The number of rotatable bonds is 2. The molecule has 0 aliphatic rings. The van der Waals surface area contributed by atoms with Crippen LogP contribution in [0.4, 0.5) is 0 Å². The fourth-order valence-electron chi connectivity index (χ4n) is 2.25. The molecule has 0 spiro atoms. The molecule has 1 heterocycles. The number of aromatic nitrogens is 1. The summed E-state index contributed by atoms with van der Waals surface area (Å²) in [6, 6.07) is 16.6. The van der Waals surface area contributed by atoms with E-state index in [9.17, 15) is 0 Å². The number of nitrogens with one attached hydrogen (secondary N) is 1. The second-order valence-corrected chi connectivity index (χ2v) is 4.47. The van der Waals surface area contributed by atoms with Crippen molar-refractivity contribution >= 4 is 10.9 Å². The summed E-state index contributed by atoms with van der Waals surface area (Å²) in [5.74, 6) is 0.890. The number of hydrogen-bond acceptors (Lipinski definition) is 1. The third-order valence-electron chi connectivity index (χ3n) is 3.18. The van der Waals surface area contributed by atoms with Gasteiger partial charge >= 0.3 is 0 Å². The molecule has 0 aliphatic carbocycles. The van der Waals surface area contributed by atoms with Crippen LogP contribution in [0, 0.1) is 6.92 Å². The quantitative estimate of drug-likeness (QED) is 0.711. The Labute approximate surface area is 106 Å². The number of benzene rings is 2. The lowest BCUT2D eigenvalue weighted by atomic mass is 10.1. The van der Waals surface area contributed by atoms with Gasteiger partial charge in [0.15, 0.2) is 0 Å². The summed E-state index contributed by atoms with van der Waals surface area (Å²) >= 11 is 0. The van der Waals surface area contributed by atoms with Crippen LogP contribution in [-0.4, -0.2) is 12.1 Å². The number of hydrogen-bond donors (Lipinski definition) is 1. The molecule has 0 aliphatic heterocycles. The van der Waals surface area contributed by atoms with Gasteiger partial charge in [0.05, 0.1) is 12.8 Å². The number of aryl methyl sites for hydroxylation is 1. The molecular weight excluding hydrogens is 222 g/mol. The average Bonchev–Trinajstić information content (AvgIpc) is 2.81. The molecule has 1 N–H and O–H groups in total. The highest BCUT2D eigenvalue weighted by atomic mass is 16.5. The minimum Gasteiger partial charge on any atom is -0.496 e. The zero-order chi connectivity index (χ0) is 12.5. The lowest BCUT2D eigenvalue weighted by molar-refractivity contribution is 0.416. The summed E-state index contributed by atoms with van der Waals surface area (Å²) in [7, 11) is 1.70. The molecule has 0 radical (unpaired) electrons. The summed E-state index contributed by atoms with van der Waals surface area (Å²) in [4.78, 5) is 3.45. The van der Waals surface area contributed by atoms with Crippen LogP contribution in [0.15, 0.2) is 48.5 Å². The molecule has 0 fully saturated rings. The summed E-state index contributed by atoms with van der Waals surface area (Å²) in [5, 5.41) is 1.22. The summed E-state index contributed by atoms with van der Waals surface area (Å²) in [6.07, 6.45) is 0.